The predicted octanol–water partition coefficient (Wildman–Crippen LogP) is 4.41. The van der Waals surface area contributed by atoms with Gasteiger partial charge in [-0.05, 0) is 35.1 Å². The lowest BCUT2D eigenvalue weighted by Crippen LogP contribution is -2.45. The Bertz CT molecular complexity index is 960. The van der Waals surface area contributed by atoms with Gasteiger partial charge in [0.05, 0.1) is 0 Å². The molecule has 7 heteroatoms. The molecule has 1 aliphatic rings. The van der Waals surface area contributed by atoms with Crippen LogP contribution in [0.1, 0.15) is 56.6 Å². The highest BCUT2D eigenvalue weighted by Gasteiger charge is 2.30. The average Bonchev–Trinajstić information content (AvgIpc) is 3.11. The van der Waals surface area contributed by atoms with Gasteiger partial charge in [0.15, 0.2) is 0 Å². The first-order chi connectivity index (χ1) is 15.9. The number of hydrogen-bond donors (Lipinski definition) is 2. The Hall–Kier alpha value is -3.35. The summed E-state index contributed by atoms with van der Waals surface area (Å²) in [6, 6.07) is 14.9. The molecule has 0 fully saturated rings. The van der Waals surface area contributed by atoms with Gasteiger partial charge < -0.3 is 20.1 Å². The van der Waals surface area contributed by atoms with Crippen LogP contribution in [-0.4, -0.2) is 53.7 Å². The van der Waals surface area contributed by atoms with Crippen LogP contribution in [0.5, 0.6) is 0 Å². The highest BCUT2D eigenvalue weighted by Crippen LogP contribution is 2.44. The monoisotopic (exact) mass is 452 g/mol. The molecule has 2 amide bonds. The van der Waals surface area contributed by atoms with Crippen molar-refractivity contribution in [2.75, 3.05) is 13.7 Å². The summed E-state index contributed by atoms with van der Waals surface area (Å²) in [6.45, 7) is 3.89. The maximum absolute atomic E-state index is 12.6. The van der Waals surface area contributed by atoms with Gasteiger partial charge in [-0.2, -0.15) is 0 Å². The Kier molecular flexibility index (Phi) is 8.09. The van der Waals surface area contributed by atoms with Crippen molar-refractivity contribution in [3.05, 3.63) is 59.7 Å². The summed E-state index contributed by atoms with van der Waals surface area (Å²) in [7, 11) is 1.49. The molecule has 0 radical (unpaired) electrons. The quantitative estimate of drug-likeness (QED) is 0.557. The van der Waals surface area contributed by atoms with E-state index in [0.29, 0.717) is 12.8 Å². The normalized spacial score (nSPS) is 14.0. The molecule has 0 aromatic heterocycles. The molecule has 0 saturated heterocycles. The number of benzene rings is 2. The van der Waals surface area contributed by atoms with Crippen molar-refractivity contribution in [1.29, 1.82) is 0 Å². The van der Waals surface area contributed by atoms with Gasteiger partial charge in [-0.1, -0.05) is 68.8 Å². The zero-order valence-corrected chi connectivity index (χ0v) is 19.4. The number of nitrogens with zero attached hydrogens (tertiary/aromatic N) is 1. The van der Waals surface area contributed by atoms with Gasteiger partial charge >= 0.3 is 12.1 Å². The second-order valence-electron chi connectivity index (χ2n) is 8.43. The van der Waals surface area contributed by atoms with Crippen molar-refractivity contribution >= 4 is 18.0 Å². The third-order valence-electron chi connectivity index (χ3n) is 6.26. The minimum atomic E-state index is -1.04. The number of carboxylic acids is 1. The first-order valence-corrected chi connectivity index (χ1v) is 11.5. The number of hydrogen-bond acceptors (Lipinski definition) is 4. The molecule has 0 bridgehead atoms. The number of ether oxygens (including phenoxy) is 1. The first-order valence-electron chi connectivity index (χ1n) is 11.5. The summed E-state index contributed by atoms with van der Waals surface area (Å²) in [5, 5.41) is 12.1. The van der Waals surface area contributed by atoms with Crippen molar-refractivity contribution in [2.45, 2.75) is 57.5 Å². The second kappa shape index (κ2) is 11.0. The number of carboxylic acid groups (broad SMARTS) is 1. The third kappa shape index (κ3) is 5.53. The summed E-state index contributed by atoms with van der Waals surface area (Å²) in [5.41, 5.74) is 4.58. The fourth-order valence-corrected chi connectivity index (χ4v) is 4.52. The van der Waals surface area contributed by atoms with Gasteiger partial charge in [0.1, 0.15) is 12.6 Å². The largest absolute Gasteiger partial charge is 0.480 e. The van der Waals surface area contributed by atoms with Crippen LogP contribution in [0, 0.1) is 0 Å². The molecule has 7 nitrogen and oxygen atoms in total. The lowest BCUT2D eigenvalue weighted by Gasteiger charge is -2.26. The molecule has 1 unspecified atom stereocenters. The minimum absolute atomic E-state index is 0.0261. The Labute approximate surface area is 194 Å². The zero-order chi connectivity index (χ0) is 24.0. The topological polar surface area (TPSA) is 95.9 Å². The number of fused-ring (bicyclic) bond motifs is 3. The molecule has 0 heterocycles. The van der Waals surface area contributed by atoms with Crippen LogP contribution < -0.4 is 5.32 Å². The highest BCUT2D eigenvalue weighted by molar-refractivity contribution is 5.84. The Morgan fingerprint density at radius 1 is 1.03 bits per heavy atom. The summed E-state index contributed by atoms with van der Waals surface area (Å²) >= 11 is 0. The van der Waals surface area contributed by atoms with Gasteiger partial charge in [-0.25, -0.2) is 9.59 Å². The standard InChI is InChI=1S/C26H32N2O5/c1-4-10-17(15-24(29)28(3)23(5-2)25(30)31)27-26(32)33-16-22-20-13-8-6-11-18(20)19-12-7-9-14-21(19)22/h6-9,11-14,17,22-23H,4-5,10,15-16H2,1-3H3,(H,27,32)(H,30,31)/t17-,23?/m0/s1. The van der Waals surface area contributed by atoms with Gasteiger partial charge in [-0.15, -0.1) is 0 Å². The molecule has 2 aromatic carbocycles. The lowest BCUT2D eigenvalue weighted by atomic mass is 9.98. The molecule has 1 aliphatic carbocycles. The highest BCUT2D eigenvalue weighted by atomic mass is 16.5. The molecular formula is C26H32N2O5. The van der Waals surface area contributed by atoms with Crippen LogP contribution in [0.4, 0.5) is 4.79 Å². The molecule has 2 N–H and O–H groups in total. The number of aliphatic carboxylic acids is 1. The van der Waals surface area contributed by atoms with E-state index in [0.717, 1.165) is 28.7 Å². The van der Waals surface area contributed by atoms with E-state index in [9.17, 15) is 19.5 Å². The summed E-state index contributed by atoms with van der Waals surface area (Å²) in [4.78, 5) is 37.8. The maximum atomic E-state index is 12.6. The Morgan fingerprint density at radius 3 is 2.12 bits per heavy atom. The van der Waals surface area contributed by atoms with Crippen LogP contribution in [-0.2, 0) is 14.3 Å². The number of carbonyl (C=O) groups excluding carboxylic acids is 2. The summed E-state index contributed by atoms with van der Waals surface area (Å²) in [6.07, 6.45) is 1.12. The van der Waals surface area contributed by atoms with E-state index in [1.807, 2.05) is 31.2 Å². The Balaban J connectivity index is 1.62. The van der Waals surface area contributed by atoms with Gasteiger partial charge in [0.25, 0.3) is 0 Å². The molecule has 176 valence electrons. The SMILES string of the molecule is CCC[C@@H](CC(=O)N(C)C(CC)C(=O)O)NC(=O)OCC1c2ccccc2-c2ccccc21. The number of alkyl carbamates (subject to hydrolysis) is 1. The van der Waals surface area contributed by atoms with Crippen LogP contribution in [0.15, 0.2) is 48.5 Å². The van der Waals surface area contributed by atoms with E-state index in [4.69, 9.17) is 4.74 Å². The molecule has 33 heavy (non-hydrogen) atoms. The van der Waals surface area contributed by atoms with Gasteiger partial charge in [-0.3, -0.25) is 4.79 Å². The molecule has 3 rings (SSSR count). The number of likely N-dealkylation sites (N-methyl/N-ethyl adjacent to an activating group) is 1. The summed E-state index contributed by atoms with van der Waals surface area (Å²) in [5.74, 6) is -1.40. The van der Waals surface area contributed by atoms with E-state index in [1.54, 1.807) is 6.92 Å². The smallest absolute Gasteiger partial charge is 0.407 e. The van der Waals surface area contributed by atoms with Crippen molar-refractivity contribution in [2.24, 2.45) is 0 Å². The van der Waals surface area contributed by atoms with Crippen molar-refractivity contribution < 1.29 is 24.2 Å². The molecule has 2 aromatic rings. The fraction of sp³-hybridized carbons (Fsp3) is 0.423. The number of nitrogens with one attached hydrogen (secondary N) is 1. The molecular weight excluding hydrogens is 420 g/mol. The predicted molar refractivity (Wildman–Crippen MR) is 126 cm³/mol. The van der Waals surface area contributed by atoms with Crippen LogP contribution in [0.3, 0.4) is 0 Å². The van der Waals surface area contributed by atoms with Gasteiger partial charge in [0.2, 0.25) is 5.91 Å². The van der Waals surface area contributed by atoms with E-state index in [1.165, 1.54) is 11.9 Å². The Morgan fingerprint density at radius 2 is 1.61 bits per heavy atom. The van der Waals surface area contributed by atoms with Crippen LogP contribution >= 0.6 is 0 Å². The van der Waals surface area contributed by atoms with Crippen LogP contribution in [0.2, 0.25) is 0 Å². The third-order valence-corrected chi connectivity index (χ3v) is 6.26. The first kappa shape index (κ1) is 24.3. The average molecular weight is 453 g/mol. The number of rotatable bonds is 10. The van der Waals surface area contributed by atoms with Gasteiger partial charge in [0, 0.05) is 25.4 Å². The van der Waals surface area contributed by atoms with Crippen molar-refractivity contribution in [3.8, 4) is 11.1 Å². The number of amides is 2. The zero-order valence-electron chi connectivity index (χ0n) is 19.4. The maximum Gasteiger partial charge on any atom is 0.407 e. The molecule has 0 saturated carbocycles. The number of carbonyl (C=O) groups is 3. The second-order valence-corrected chi connectivity index (χ2v) is 8.43. The van der Waals surface area contributed by atoms with E-state index in [2.05, 4.69) is 29.6 Å². The van der Waals surface area contributed by atoms with E-state index >= 15 is 0 Å². The minimum Gasteiger partial charge on any atom is -0.480 e. The van der Waals surface area contributed by atoms with E-state index in [-0.39, 0.29) is 24.9 Å². The van der Waals surface area contributed by atoms with Crippen molar-refractivity contribution in [1.82, 2.24) is 10.2 Å². The van der Waals surface area contributed by atoms with E-state index < -0.39 is 24.1 Å². The van der Waals surface area contributed by atoms with Crippen LogP contribution in [0.25, 0.3) is 11.1 Å². The fourth-order valence-electron chi connectivity index (χ4n) is 4.52. The van der Waals surface area contributed by atoms with Crippen molar-refractivity contribution in [3.63, 3.8) is 0 Å². The molecule has 0 spiro atoms. The lowest BCUT2D eigenvalue weighted by molar-refractivity contribution is -0.149. The molecule has 0 aliphatic heterocycles. The summed E-state index contributed by atoms with van der Waals surface area (Å²) < 4.78 is 5.60. The molecule has 2 atom stereocenters.